The van der Waals surface area contributed by atoms with Crippen molar-refractivity contribution in [3.05, 3.63) is 21.4 Å². The summed E-state index contributed by atoms with van der Waals surface area (Å²) in [6, 6.07) is 1.95. The third-order valence-electron chi connectivity index (χ3n) is 3.08. The van der Waals surface area contributed by atoms with Crippen LogP contribution < -0.4 is 11.3 Å². The first kappa shape index (κ1) is 16.5. The number of amides is 1. The van der Waals surface area contributed by atoms with Gasteiger partial charge in [-0.05, 0) is 31.6 Å². The summed E-state index contributed by atoms with van der Waals surface area (Å²) >= 11 is 3.42. The number of aryl methyl sites for hydroxylation is 1. The van der Waals surface area contributed by atoms with Crippen LogP contribution in [0, 0.1) is 6.92 Å². The van der Waals surface area contributed by atoms with Gasteiger partial charge in [-0.25, -0.2) is 5.84 Å². The van der Waals surface area contributed by atoms with Crippen LogP contribution in [0.5, 0.6) is 0 Å². The van der Waals surface area contributed by atoms with E-state index in [1.165, 1.54) is 21.8 Å². The number of thiophene rings is 1. The van der Waals surface area contributed by atoms with Crippen molar-refractivity contribution in [2.75, 3.05) is 25.4 Å². The van der Waals surface area contributed by atoms with Gasteiger partial charge in [0.05, 0.1) is 4.88 Å². The summed E-state index contributed by atoms with van der Waals surface area (Å²) < 4.78 is 0. The third-order valence-corrected chi connectivity index (χ3v) is 5.16. The van der Waals surface area contributed by atoms with Gasteiger partial charge >= 0.3 is 0 Å². The van der Waals surface area contributed by atoms with E-state index in [2.05, 4.69) is 31.1 Å². The maximum absolute atomic E-state index is 11.4. The molecule has 0 unspecified atom stereocenters. The van der Waals surface area contributed by atoms with Crippen molar-refractivity contribution in [3.63, 3.8) is 0 Å². The van der Waals surface area contributed by atoms with E-state index in [0.717, 1.165) is 31.1 Å². The second-order valence-corrected chi connectivity index (χ2v) is 6.61. The highest BCUT2D eigenvalue weighted by atomic mass is 32.2. The standard InChI is InChI=1S/C13H23N3OS2/c1-4-16(5-2)6-7-18-9-11-8-12(13(17)15-14)19-10(11)3/h8H,4-7,9,14H2,1-3H3,(H,15,17). The molecule has 1 rings (SSSR count). The molecular formula is C13H23N3OS2. The molecule has 0 aliphatic heterocycles. The molecule has 0 saturated carbocycles. The van der Waals surface area contributed by atoms with Gasteiger partial charge in [0.15, 0.2) is 0 Å². The topological polar surface area (TPSA) is 58.4 Å². The Kier molecular flexibility index (Phi) is 7.45. The van der Waals surface area contributed by atoms with Crippen molar-refractivity contribution in [2.24, 2.45) is 5.84 Å². The molecule has 19 heavy (non-hydrogen) atoms. The van der Waals surface area contributed by atoms with E-state index in [4.69, 9.17) is 5.84 Å². The van der Waals surface area contributed by atoms with Gasteiger partial charge in [0, 0.05) is 22.9 Å². The van der Waals surface area contributed by atoms with E-state index >= 15 is 0 Å². The highest BCUT2D eigenvalue weighted by molar-refractivity contribution is 7.98. The van der Waals surface area contributed by atoms with Gasteiger partial charge < -0.3 is 4.90 Å². The van der Waals surface area contributed by atoms with E-state index in [-0.39, 0.29) is 5.91 Å². The Morgan fingerprint density at radius 2 is 2.16 bits per heavy atom. The Balaban J connectivity index is 2.41. The molecule has 0 saturated heterocycles. The van der Waals surface area contributed by atoms with Crippen molar-refractivity contribution in [1.29, 1.82) is 0 Å². The quantitative estimate of drug-likeness (QED) is 0.335. The lowest BCUT2D eigenvalue weighted by molar-refractivity contribution is 0.0957. The predicted molar refractivity (Wildman–Crippen MR) is 84.7 cm³/mol. The molecule has 3 N–H and O–H groups in total. The first-order chi connectivity index (χ1) is 9.12. The lowest BCUT2D eigenvalue weighted by Crippen LogP contribution is -2.29. The number of hydrazine groups is 1. The number of nitrogens with zero attached hydrogens (tertiary/aromatic N) is 1. The lowest BCUT2D eigenvalue weighted by Gasteiger charge is -2.17. The van der Waals surface area contributed by atoms with Crippen molar-refractivity contribution in [3.8, 4) is 0 Å². The Hall–Kier alpha value is -0.560. The smallest absolute Gasteiger partial charge is 0.275 e. The van der Waals surface area contributed by atoms with Crippen LogP contribution in [0.2, 0.25) is 0 Å². The third kappa shape index (κ3) is 5.14. The molecule has 1 aromatic rings. The normalized spacial score (nSPS) is 11.0. The number of hydrogen-bond donors (Lipinski definition) is 2. The molecule has 0 fully saturated rings. The number of thioether (sulfide) groups is 1. The van der Waals surface area contributed by atoms with E-state index in [9.17, 15) is 4.79 Å². The Morgan fingerprint density at radius 3 is 2.74 bits per heavy atom. The molecule has 0 radical (unpaired) electrons. The van der Waals surface area contributed by atoms with Crippen LogP contribution in [-0.2, 0) is 5.75 Å². The van der Waals surface area contributed by atoms with Crippen molar-refractivity contribution in [1.82, 2.24) is 10.3 Å². The van der Waals surface area contributed by atoms with Gasteiger partial charge in [0.2, 0.25) is 0 Å². The maximum Gasteiger partial charge on any atom is 0.275 e. The first-order valence-corrected chi connectivity index (χ1v) is 8.49. The highest BCUT2D eigenvalue weighted by Gasteiger charge is 2.11. The zero-order chi connectivity index (χ0) is 14.3. The number of nitrogens with two attached hydrogens (primary N) is 1. The van der Waals surface area contributed by atoms with Crippen LogP contribution in [0.25, 0.3) is 0 Å². The summed E-state index contributed by atoms with van der Waals surface area (Å²) in [7, 11) is 0. The number of nitrogen functional groups attached to an aromatic ring is 1. The Bertz CT molecular complexity index is 403. The number of hydrogen-bond acceptors (Lipinski definition) is 5. The molecule has 1 heterocycles. The molecule has 108 valence electrons. The number of nitrogens with one attached hydrogen (secondary N) is 1. The lowest BCUT2D eigenvalue weighted by atomic mass is 10.3. The van der Waals surface area contributed by atoms with Crippen LogP contribution in [0.3, 0.4) is 0 Å². The predicted octanol–water partition coefficient (Wildman–Crippen LogP) is 2.24. The molecule has 0 spiro atoms. The summed E-state index contributed by atoms with van der Waals surface area (Å²) in [5, 5.41) is 0. The molecule has 0 aliphatic rings. The van der Waals surface area contributed by atoms with Crippen LogP contribution in [0.4, 0.5) is 0 Å². The SMILES string of the molecule is CCN(CC)CCSCc1cc(C(=O)NN)sc1C. The minimum atomic E-state index is -0.201. The first-order valence-electron chi connectivity index (χ1n) is 6.52. The summed E-state index contributed by atoms with van der Waals surface area (Å²) in [5.41, 5.74) is 3.42. The molecule has 0 aliphatic carbocycles. The number of carbonyl (C=O) groups is 1. The molecule has 6 heteroatoms. The summed E-state index contributed by atoms with van der Waals surface area (Å²) in [6.45, 7) is 9.77. The monoisotopic (exact) mass is 301 g/mol. The zero-order valence-electron chi connectivity index (χ0n) is 11.9. The van der Waals surface area contributed by atoms with E-state index in [0.29, 0.717) is 4.88 Å². The minimum absolute atomic E-state index is 0.201. The van der Waals surface area contributed by atoms with Gasteiger partial charge in [0.1, 0.15) is 0 Å². The van der Waals surface area contributed by atoms with E-state index in [1.807, 2.05) is 17.8 Å². The summed E-state index contributed by atoms with van der Waals surface area (Å²) in [6.07, 6.45) is 0. The van der Waals surface area contributed by atoms with Gasteiger partial charge in [-0.3, -0.25) is 10.2 Å². The Labute approximate surface area is 123 Å². The Morgan fingerprint density at radius 1 is 1.47 bits per heavy atom. The molecule has 4 nitrogen and oxygen atoms in total. The van der Waals surface area contributed by atoms with Crippen LogP contribution in [-0.4, -0.2) is 36.2 Å². The average Bonchev–Trinajstić information content (AvgIpc) is 2.79. The van der Waals surface area contributed by atoms with E-state index in [1.54, 1.807) is 0 Å². The van der Waals surface area contributed by atoms with Crippen molar-refractivity contribution < 1.29 is 4.79 Å². The number of rotatable bonds is 8. The summed E-state index contributed by atoms with van der Waals surface area (Å²) in [5.74, 6) is 7.02. The van der Waals surface area contributed by atoms with Crippen molar-refractivity contribution >= 4 is 29.0 Å². The van der Waals surface area contributed by atoms with Crippen LogP contribution in [0.15, 0.2) is 6.07 Å². The number of carbonyl (C=O) groups excluding carboxylic acids is 1. The molecule has 1 aromatic heterocycles. The van der Waals surface area contributed by atoms with Crippen LogP contribution >= 0.6 is 23.1 Å². The highest BCUT2D eigenvalue weighted by Crippen LogP contribution is 2.25. The van der Waals surface area contributed by atoms with Gasteiger partial charge in [-0.1, -0.05) is 13.8 Å². The molecule has 0 aromatic carbocycles. The molecule has 1 amide bonds. The second kappa shape index (κ2) is 8.58. The molecular weight excluding hydrogens is 278 g/mol. The second-order valence-electron chi connectivity index (χ2n) is 4.25. The zero-order valence-corrected chi connectivity index (χ0v) is 13.5. The molecule has 0 bridgehead atoms. The van der Waals surface area contributed by atoms with Gasteiger partial charge in [-0.2, -0.15) is 11.8 Å². The molecule has 0 atom stereocenters. The van der Waals surface area contributed by atoms with Gasteiger partial charge in [-0.15, -0.1) is 11.3 Å². The van der Waals surface area contributed by atoms with Crippen LogP contribution in [0.1, 0.15) is 34.0 Å². The summed E-state index contributed by atoms with van der Waals surface area (Å²) in [4.78, 5) is 15.8. The fourth-order valence-corrected chi connectivity index (χ4v) is 3.85. The fraction of sp³-hybridized carbons (Fsp3) is 0.615. The van der Waals surface area contributed by atoms with Gasteiger partial charge in [0.25, 0.3) is 5.91 Å². The largest absolute Gasteiger partial charge is 0.303 e. The maximum atomic E-state index is 11.4. The minimum Gasteiger partial charge on any atom is -0.303 e. The average molecular weight is 301 g/mol. The van der Waals surface area contributed by atoms with Crippen molar-refractivity contribution in [2.45, 2.75) is 26.5 Å². The fourth-order valence-electron chi connectivity index (χ4n) is 1.76. The van der Waals surface area contributed by atoms with E-state index < -0.39 is 0 Å².